The molecule has 0 spiro atoms. The van der Waals surface area contributed by atoms with Gasteiger partial charge in [0, 0.05) is 48.0 Å². The molecule has 0 unspecified atom stereocenters. The zero-order chi connectivity index (χ0) is 37.0. The van der Waals surface area contributed by atoms with Gasteiger partial charge in [0.15, 0.2) is 0 Å². The molecule has 0 bridgehead atoms. The van der Waals surface area contributed by atoms with Gasteiger partial charge < -0.3 is 44.0 Å². The number of nitrogens with one attached hydrogen (secondary N) is 1. The zero-order valence-electron chi connectivity index (χ0n) is 30.8. The molecular weight excluding hydrogens is 660 g/mol. The van der Waals surface area contributed by atoms with Crippen LogP contribution in [0.15, 0.2) is 78.9 Å². The number of aryl methyl sites for hydroxylation is 2. The average Bonchev–Trinajstić information content (AvgIpc) is 3.54. The first kappa shape index (κ1) is 37.9. The van der Waals surface area contributed by atoms with E-state index in [9.17, 15) is 4.79 Å². The summed E-state index contributed by atoms with van der Waals surface area (Å²) in [5.41, 5.74) is 13.4. The molecule has 11 heteroatoms. The van der Waals surface area contributed by atoms with E-state index in [2.05, 4.69) is 28.1 Å². The molecular formula is C41H48N4O7. The summed E-state index contributed by atoms with van der Waals surface area (Å²) in [5, 5.41) is 2.92. The minimum atomic E-state index is -0.173. The van der Waals surface area contributed by atoms with E-state index in [1.807, 2.05) is 74.5 Å². The Hall–Kier alpha value is -5.36. The number of hydrogen-bond donors (Lipinski definition) is 2. The largest absolute Gasteiger partial charge is 0.497 e. The van der Waals surface area contributed by atoms with Crippen LogP contribution in [0.4, 0.5) is 0 Å². The number of carbonyl (C=O) groups excluding carboxylic acids is 1. The number of nitrogens with zero attached hydrogens (tertiary/aromatic N) is 2. The third kappa shape index (κ3) is 9.10. The minimum absolute atomic E-state index is 0.173. The quantitative estimate of drug-likeness (QED) is 0.101. The summed E-state index contributed by atoms with van der Waals surface area (Å²) in [6, 6.07) is 25.6. The van der Waals surface area contributed by atoms with Gasteiger partial charge in [0.05, 0.1) is 66.3 Å². The molecule has 4 aromatic carbocycles. The Kier molecular flexibility index (Phi) is 13.3. The second-order valence-electron chi connectivity index (χ2n) is 12.2. The van der Waals surface area contributed by atoms with Crippen molar-refractivity contribution in [2.75, 3.05) is 68.0 Å². The van der Waals surface area contributed by atoms with Gasteiger partial charge in [0.25, 0.3) is 5.91 Å². The summed E-state index contributed by atoms with van der Waals surface area (Å²) >= 11 is 0. The Morgan fingerprint density at radius 2 is 1.29 bits per heavy atom. The lowest BCUT2D eigenvalue weighted by Gasteiger charge is -2.16. The first-order chi connectivity index (χ1) is 25.3. The fourth-order valence-electron chi connectivity index (χ4n) is 6.00. The molecule has 52 heavy (non-hydrogen) atoms. The fraction of sp³-hybridized carbons (Fsp3) is 0.317. The van der Waals surface area contributed by atoms with Crippen LogP contribution < -0.4 is 30.0 Å². The van der Waals surface area contributed by atoms with Crippen molar-refractivity contribution in [1.29, 1.82) is 0 Å². The highest BCUT2D eigenvalue weighted by molar-refractivity contribution is 5.94. The van der Waals surface area contributed by atoms with Crippen molar-refractivity contribution < 1.29 is 33.2 Å². The van der Waals surface area contributed by atoms with E-state index in [1.54, 1.807) is 28.4 Å². The van der Waals surface area contributed by atoms with Crippen molar-refractivity contribution in [3.63, 3.8) is 0 Å². The molecule has 0 aliphatic rings. The van der Waals surface area contributed by atoms with Gasteiger partial charge in [-0.15, -0.1) is 0 Å². The second-order valence-corrected chi connectivity index (χ2v) is 12.2. The van der Waals surface area contributed by atoms with Gasteiger partial charge >= 0.3 is 0 Å². The lowest BCUT2D eigenvalue weighted by atomic mass is 10.0. The molecule has 0 saturated heterocycles. The van der Waals surface area contributed by atoms with Crippen LogP contribution in [-0.4, -0.2) is 83.4 Å². The first-order valence-corrected chi connectivity index (χ1v) is 17.2. The van der Waals surface area contributed by atoms with Gasteiger partial charge in [0.2, 0.25) is 0 Å². The Bertz CT molecular complexity index is 1930. The van der Waals surface area contributed by atoms with Gasteiger partial charge in [-0.3, -0.25) is 4.79 Å². The van der Waals surface area contributed by atoms with E-state index < -0.39 is 0 Å². The summed E-state index contributed by atoms with van der Waals surface area (Å²) in [6.45, 7) is 7.18. The minimum Gasteiger partial charge on any atom is -0.497 e. The number of ether oxygens (including phenoxy) is 6. The highest BCUT2D eigenvalue weighted by Crippen LogP contribution is 2.40. The highest BCUT2D eigenvalue weighted by atomic mass is 16.5. The van der Waals surface area contributed by atoms with Crippen LogP contribution >= 0.6 is 0 Å². The van der Waals surface area contributed by atoms with E-state index in [1.165, 1.54) is 0 Å². The molecule has 0 saturated carbocycles. The van der Waals surface area contributed by atoms with Gasteiger partial charge in [0.1, 0.15) is 28.8 Å². The maximum Gasteiger partial charge on any atom is 0.251 e. The predicted octanol–water partition coefficient (Wildman–Crippen LogP) is 6.31. The molecule has 0 fully saturated rings. The molecule has 11 nitrogen and oxygen atoms in total. The van der Waals surface area contributed by atoms with Crippen LogP contribution in [0.3, 0.4) is 0 Å². The number of benzene rings is 4. The summed E-state index contributed by atoms with van der Waals surface area (Å²) in [6.07, 6.45) is 0. The molecule has 3 N–H and O–H groups in total. The Labute approximate surface area is 305 Å². The van der Waals surface area contributed by atoms with Crippen molar-refractivity contribution in [3.05, 3.63) is 101 Å². The molecule has 5 rings (SSSR count). The lowest BCUT2D eigenvalue weighted by molar-refractivity contribution is 0.0511. The average molecular weight is 709 g/mol. The van der Waals surface area contributed by atoms with Crippen LogP contribution in [0.2, 0.25) is 0 Å². The molecule has 0 aliphatic carbocycles. The summed E-state index contributed by atoms with van der Waals surface area (Å²) in [5.74, 6) is 3.44. The van der Waals surface area contributed by atoms with Crippen molar-refractivity contribution >= 4 is 5.91 Å². The molecule has 5 aromatic rings. The third-order valence-electron chi connectivity index (χ3n) is 8.64. The molecule has 1 heterocycles. The Morgan fingerprint density at radius 1 is 0.692 bits per heavy atom. The van der Waals surface area contributed by atoms with Gasteiger partial charge in [-0.05, 0) is 91.2 Å². The number of nitrogens with two attached hydrogens (primary N) is 1. The summed E-state index contributed by atoms with van der Waals surface area (Å²) in [7, 11) is 6.60. The second kappa shape index (κ2) is 18.2. The normalized spacial score (nSPS) is 11.0. The standard InChI is InChI=1S/C41H48N4O7/c1-27-21-31(11-13-36(27)49-5)38-39(32-12-14-37(50-6)28(2)22-32)45(40(44-38)33-23-34(47-3)25-35(24-33)48-4)26-29-7-9-30(10-8-29)41(46)43-16-18-52-20-19-51-17-15-42/h7-14,21-25H,15-20,26,42H2,1-6H3,(H,43,46). The molecule has 0 radical (unpaired) electrons. The van der Waals surface area contributed by atoms with Crippen LogP contribution in [-0.2, 0) is 16.0 Å². The molecule has 274 valence electrons. The van der Waals surface area contributed by atoms with Crippen LogP contribution in [0.25, 0.3) is 33.9 Å². The fourth-order valence-corrected chi connectivity index (χ4v) is 6.00. The monoisotopic (exact) mass is 708 g/mol. The van der Waals surface area contributed by atoms with Crippen LogP contribution in [0, 0.1) is 13.8 Å². The number of imidazole rings is 1. The van der Waals surface area contributed by atoms with Gasteiger partial charge in [-0.1, -0.05) is 12.1 Å². The third-order valence-corrected chi connectivity index (χ3v) is 8.64. The maximum atomic E-state index is 12.9. The predicted molar refractivity (Wildman–Crippen MR) is 203 cm³/mol. The number of rotatable bonds is 18. The maximum absolute atomic E-state index is 12.9. The lowest BCUT2D eigenvalue weighted by Crippen LogP contribution is -2.27. The molecule has 1 aromatic heterocycles. The first-order valence-electron chi connectivity index (χ1n) is 17.2. The zero-order valence-corrected chi connectivity index (χ0v) is 30.8. The van der Waals surface area contributed by atoms with Crippen molar-refractivity contribution in [2.24, 2.45) is 5.73 Å². The molecule has 0 atom stereocenters. The van der Waals surface area contributed by atoms with Crippen LogP contribution in [0.5, 0.6) is 23.0 Å². The van der Waals surface area contributed by atoms with Gasteiger partial charge in [-0.25, -0.2) is 4.98 Å². The van der Waals surface area contributed by atoms with E-state index in [-0.39, 0.29) is 5.91 Å². The number of aromatic nitrogens is 2. The molecule has 0 aliphatic heterocycles. The van der Waals surface area contributed by atoms with E-state index >= 15 is 0 Å². The number of amides is 1. The smallest absolute Gasteiger partial charge is 0.251 e. The Balaban J connectivity index is 1.55. The molecule has 1 amide bonds. The van der Waals surface area contributed by atoms with E-state index in [4.69, 9.17) is 39.1 Å². The van der Waals surface area contributed by atoms with Gasteiger partial charge in [-0.2, -0.15) is 0 Å². The summed E-state index contributed by atoms with van der Waals surface area (Å²) < 4.78 is 35.6. The Morgan fingerprint density at radius 3 is 1.87 bits per heavy atom. The van der Waals surface area contributed by atoms with E-state index in [0.29, 0.717) is 63.1 Å². The van der Waals surface area contributed by atoms with Crippen molar-refractivity contribution in [1.82, 2.24) is 14.9 Å². The SMILES string of the molecule is COc1cc(OC)cc(-c2nc(-c3ccc(OC)c(C)c3)c(-c3ccc(OC)c(C)c3)n2Cc2ccc(C(=O)NCCOCCOCCN)cc2)c1. The summed E-state index contributed by atoms with van der Waals surface area (Å²) in [4.78, 5) is 18.3. The van der Waals surface area contributed by atoms with E-state index in [0.717, 1.165) is 62.1 Å². The highest BCUT2D eigenvalue weighted by Gasteiger charge is 2.24. The number of carbonyl (C=O) groups is 1. The van der Waals surface area contributed by atoms with Crippen molar-refractivity contribution in [2.45, 2.75) is 20.4 Å². The van der Waals surface area contributed by atoms with Crippen molar-refractivity contribution in [3.8, 4) is 56.9 Å². The number of hydrogen-bond acceptors (Lipinski definition) is 9. The topological polar surface area (TPSA) is 128 Å². The van der Waals surface area contributed by atoms with Crippen LogP contribution in [0.1, 0.15) is 27.0 Å². The number of methoxy groups -OCH3 is 4.